The second kappa shape index (κ2) is 9.14. The minimum absolute atomic E-state index is 0. The average Bonchev–Trinajstić information content (AvgIpc) is 3.73. The molecule has 0 spiro atoms. The molecule has 41 heavy (non-hydrogen) atoms. The zero-order valence-corrected chi connectivity index (χ0v) is 23.9. The summed E-state index contributed by atoms with van der Waals surface area (Å²) in [4.78, 5) is 36.8. The fourth-order valence-electron chi connectivity index (χ4n) is 5.59. The molecule has 0 radical (unpaired) electrons. The normalized spacial score (nSPS) is 11.7. The molecule has 9 rings (SSSR count). The number of nitrogens with one attached hydrogen (secondary N) is 2. The van der Waals surface area contributed by atoms with E-state index in [1.165, 1.54) is 0 Å². The molecular weight excluding hydrogens is 519 g/mol. The van der Waals surface area contributed by atoms with E-state index in [2.05, 4.69) is 9.97 Å². The van der Waals surface area contributed by atoms with Crippen LogP contribution in [0.1, 0.15) is 0 Å². The van der Waals surface area contributed by atoms with Gasteiger partial charge in [0, 0.05) is 43.8 Å². The Morgan fingerprint density at radius 3 is 0.829 bits per heavy atom. The predicted octanol–water partition coefficient (Wildman–Crippen LogP) is 3.87. The van der Waals surface area contributed by atoms with E-state index in [1.54, 1.807) is 0 Å². The van der Waals surface area contributed by atoms with Gasteiger partial charge in [0.05, 0.1) is 0 Å². The van der Waals surface area contributed by atoms with Crippen molar-refractivity contribution in [3.05, 3.63) is 97.1 Å². The summed E-state index contributed by atoms with van der Waals surface area (Å²) in [6.07, 6.45) is 0. The summed E-state index contributed by atoms with van der Waals surface area (Å²) in [6, 6.07) is 32.2. The summed E-state index contributed by atoms with van der Waals surface area (Å²) in [5.74, 6) is 2.39. The predicted molar refractivity (Wildman–Crippen MR) is 156 cm³/mol. The summed E-state index contributed by atoms with van der Waals surface area (Å²) < 4.78 is 0. The topological polar surface area (TPSA) is 109 Å². The van der Waals surface area contributed by atoms with Crippen molar-refractivity contribution in [2.75, 3.05) is 0 Å². The van der Waals surface area contributed by atoms with Gasteiger partial charge in [0.2, 0.25) is 0 Å². The van der Waals surface area contributed by atoms with E-state index in [1.807, 2.05) is 97.1 Å². The Morgan fingerprint density at radius 1 is 0.317 bits per heavy atom. The molecule has 4 aromatic carbocycles. The van der Waals surface area contributed by atoms with Crippen LogP contribution >= 0.6 is 0 Å². The maximum Gasteiger partial charge on any atom is 1.00 e. The number of fused-ring (bicyclic) bond motifs is 20. The molecule has 0 aliphatic carbocycles. The molecule has 186 valence electrons. The van der Waals surface area contributed by atoms with Gasteiger partial charge in [0.1, 0.15) is 22.6 Å². The molecule has 8 bridgehead atoms. The van der Waals surface area contributed by atoms with Gasteiger partial charge in [-0.1, -0.05) is 97.1 Å². The van der Waals surface area contributed by atoms with Crippen LogP contribution in [0.3, 0.4) is 0 Å². The van der Waals surface area contributed by atoms with Gasteiger partial charge in [-0.05, 0) is 0 Å². The van der Waals surface area contributed by atoms with Gasteiger partial charge in [-0.2, -0.15) is 0 Å². The monoisotopic (exact) mass is 537 g/mol. The summed E-state index contributed by atoms with van der Waals surface area (Å²) in [5.41, 5.74) is 6.45. The molecule has 3 aromatic heterocycles. The van der Waals surface area contributed by atoms with Gasteiger partial charge >= 0.3 is 29.6 Å². The molecule has 5 heterocycles. The molecule has 0 fully saturated rings. The quantitative estimate of drug-likeness (QED) is 0.284. The Hall–Kier alpha value is -4.76. The van der Waals surface area contributed by atoms with Crippen LogP contribution in [0, 0.1) is 0 Å². The van der Waals surface area contributed by atoms with Crippen molar-refractivity contribution < 1.29 is 29.6 Å². The van der Waals surface area contributed by atoms with Crippen LogP contribution < -0.4 is 29.6 Å². The Morgan fingerprint density at radius 2 is 0.561 bits per heavy atom. The molecule has 7 aromatic rings. The van der Waals surface area contributed by atoms with Crippen LogP contribution in [0.2, 0.25) is 0 Å². The first-order valence-electron chi connectivity index (χ1n) is 13.0. The van der Waals surface area contributed by atoms with Crippen molar-refractivity contribution in [1.82, 2.24) is 39.9 Å². The van der Waals surface area contributed by atoms with Crippen molar-refractivity contribution in [2.24, 2.45) is 0 Å². The minimum atomic E-state index is 0. The maximum absolute atomic E-state index is 5.02. The van der Waals surface area contributed by atoms with Crippen molar-refractivity contribution >= 4 is 44.1 Å². The number of H-pyrrole nitrogens is 2. The first-order chi connectivity index (χ1) is 19.8. The fraction of sp³-hybridized carbons (Fsp3) is 0. The zero-order valence-electron chi connectivity index (χ0n) is 21.9. The molecule has 2 N–H and O–H groups in total. The SMILES string of the molecule is [Na+].c1ccc2c(c1)-c1nc-2nc2[nH]c(nc3nc(nc4[nH]c(n1)c1ccccc41)-c1ccccc1-3)c1ccccc21. The number of hydrogen-bond acceptors (Lipinski definition) is 6. The maximum atomic E-state index is 5.02. The van der Waals surface area contributed by atoms with E-state index in [-0.39, 0.29) is 29.6 Å². The van der Waals surface area contributed by atoms with E-state index < -0.39 is 0 Å². The van der Waals surface area contributed by atoms with Gasteiger partial charge in [-0.25, -0.2) is 29.9 Å². The van der Waals surface area contributed by atoms with E-state index in [9.17, 15) is 0 Å². The second-order valence-corrected chi connectivity index (χ2v) is 9.79. The molecular formula is C32H18N8Na+. The van der Waals surface area contributed by atoms with Gasteiger partial charge < -0.3 is 9.97 Å². The third-order valence-corrected chi connectivity index (χ3v) is 7.46. The van der Waals surface area contributed by atoms with Crippen LogP contribution in [0.25, 0.3) is 89.7 Å². The molecule has 0 amide bonds. The minimum Gasteiger partial charge on any atom is -0.324 e. The number of nitrogens with zero attached hydrogens (tertiary/aromatic N) is 6. The Labute approximate surface area is 254 Å². The number of aromatic nitrogens is 8. The number of rotatable bonds is 0. The summed E-state index contributed by atoms with van der Waals surface area (Å²) in [7, 11) is 0. The van der Waals surface area contributed by atoms with Crippen LogP contribution in [0.5, 0.6) is 0 Å². The van der Waals surface area contributed by atoms with Gasteiger partial charge in [0.15, 0.2) is 23.3 Å². The number of aromatic amines is 2. The van der Waals surface area contributed by atoms with E-state index in [0.717, 1.165) is 43.8 Å². The van der Waals surface area contributed by atoms with Crippen molar-refractivity contribution in [1.29, 1.82) is 0 Å². The molecule has 0 atom stereocenters. The van der Waals surface area contributed by atoms with E-state index >= 15 is 0 Å². The molecule has 0 saturated carbocycles. The van der Waals surface area contributed by atoms with Gasteiger partial charge in [-0.15, -0.1) is 0 Å². The van der Waals surface area contributed by atoms with Crippen molar-refractivity contribution in [3.8, 4) is 45.6 Å². The van der Waals surface area contributed by atoms with Crippen LogP contribution in [-0.4, -0.2) is 39.9 Å². The molecule has 0 saturated heterocycles. The van der Waals surface area contributed by atoms with Crippen molar-refractivity contribution in [2.45, 2.75) is 0 Å². The Balaban J connectivity index is 0.00000256. The molecule has 2 aliphatic heterocycles. The Kier molecular flexibility index (Phi) is 5.36. The van der Waals surface area contributed by atoms with E-state index in [4.69, 9.17) is 29.9 Å². The first-order valence-corrected chi connectivity index (χ1v) is 13.0. The molecule has 9 heteroatoms. The molecule has 2 aliphatic rings. The van der Waals surface area contributed by atoms with Crippen LogP contribution in [0.15, 0.2) is 97.1 Å². The van der Waals surface area contributed by atoms with Gasteiger partial charge in [-0.3, -0.25) is 0 Å². The molecule has 8 nitrogen and oxygen atoms in total. The van der Waals surface area contributed by atoms with E-state index in [0.29, 0.717) is 45.9 Å². The fourth-order valence-corrected chi connectivity index (χ4v) is 5.59. The van der Waals surface area contributed by atoms with Crippen molar-refractivity contribution in [3.63, 3.8) is 0 Å². The van der Waals surface area contributed by atoms with Crippen LogP contribution in [-0.2, 0) is 0 Å². The third kappa shape index (κ3) is 3.65. The summed E-state index contributed by atoms with van der Waals surface area (Å²) in [6.45, 7) is 0. The second-order valence-electron chi connectivity index (χ2n) is 9.79. The average molecular weight is 538 g/mol. The third-order valence-electron chi connectivity index (χ3n) is 7.46. The molecule has 0 unspecified atom stereocenters. The smallest absolute Gasteiger partial charge is 0.324 e. The zero-order chi connectivity index (χ0) is 26.2. The standard InChI is InChI=1S/C32H18N8.Na/c1-2-10-18-17(9-1)25-33-26(18)38-28-21-13-5-6-14-22(21)30(35-28)40-32-24-16-8-7-15-23(24)31(36-32)39-29-20-12-4-3-11-19(20)27(34-29)37-25;/h1-16H,(H2,33,34,35,36,37,38,39,40);/q;+1. The van der Waals surface area contributed by atoms with Crippen LogP contribution in [0.4, 0.5) is 0 Å². The largest absolute Gasteiger partial charge is 1.00 e. The summed E-state index contributed by atoms with van der Waals surface area (Å²) >= 11 is 0. The number of benzene rings is 4. The number of hydrogen-bond donors (Lipinski definition) is 2. The van der Waals surface area contributed by atoms with Gasteiger partial charge in [0.25, 0.3) is 0 Å². The summed E-state index contributed by atoms with van der Waals surface area (Å²) in [5, 5.41) is 3.82. The Bertz CT molecular complexity index is 2030. The first kappa shape index (κ1) is 24.1.